The van der Waals surface area contributed by atoms with Crippen molar-refractivity contribution in [2.75, 3.05) is 18.4 Å². The van der Waals surface area contributed by atoms with Crippen molar-refractivity contribution in [3.8, 4) is 16.9 Å². The monoisotopic (exact) mass is 720 g/mol. The maximum absolute atomic E-state index is 13.6. The van der Waals surface area contributed by atoms with Crippen molar-refractivity contribution in [1.29, 1.82) is 0 Å². The minimum atomic E-state index is -0.271. The third-order valence-corrected chi connectivity index (χ3v) is 10.2. The molecule has 6 aromatic rings. The first kappa shape index (κ1) is 32.4. The van der Waals surface area contributed by atoms with E-state index in [1.165, 1.54) is 0 Å². The molecular formula is C36H37BrN10O2. The van der Waals surface area contributed by atoms with Gasteiger partial charge in [0.25, 0.3) is 11.8 Å². The number of halogens is 1. The molecule has 0 spiro atoms. The van der Waals surface area contributed by atoms with Crippen LogP contribution in [0.4, 0.5) is 5.69 Å². The highest BCUT2D eigenvalue weighted by molar-refractivity contribution is 9.10. The molecule has 0 radical (unpaired) electrons. The second-order valence-electron chi connectivity index (χ2n) is 12.7. The van der Waals surface area contributed by atoms with Crippen molar-refractivity contribution >= 4 is 39.1 Å². The molecule has 12 nitrogen and oxygen atoms in total. The van der Waals surface area contributed by atoms with Crippen LogP contribution in [-0.2, 0) is 6.54 Å². The standard InChI is InChI=1S/C36H37BrN10O2/c1-22-17-23(2)46-34(39-22)31(18-38-46)35(48)40-29-12-8-27(9-13-29)32-21-45(43-41-32)20-26-7-5-6-16-44(19-26)36(49)28-10-14-30(15-11-28)47-25(4)33(37)24(3)42-47/h8-15,17-18,21,26H,5-7,16,19-20H2,1-4H3,(H,40,48). The van der Waals surface area contributed by atoms with Gasteiger partial charge in [-0.1, -0.05) is 23.8 Å². The van der Waals surface area contributed by atoms with Gasteiger partial charge >= 0.3 is 0 Å². The Morgan fingerprint density at radius 2 is 1.78 bits per heavy atom. The second kappa shape index (κ2) is 13.4. The van der Waals surface area contributed by atoms with E-state index in [9.17, 15) is 9.59 Å². The Kier molecular flexibility index (Phi) is 8.84. The molecule has 13 heteroatoms. The minimum absolute atomic E-state index is 0.0440. The van der Waals surface area contributed by atoms with Crippen LogP contribution in [0.3, 0.4) is 0 Å². The number of nitrogens with one attached hydrogen (secondary N) is 1. The predicted octanol–water partition coefficient (Wildman–Crippen LogP) is 6.36. The van der Waals surface area contributed by atoms with Gasteiger partial charge in [0.1, 0.15) is 11.3 Å². The maximum atomic E-state index is 13.6. The van der Waals surface area contributed by atoms with Gasteiger partial charge in [0.15, 0.2) is 5.65 Å². The summed E-state index contributed by atoms with van der Waals surface area (Å²) in [5.74, 6) is 0.0290. The van der Waals surface area contributed by atoms with Crippen LogP contribution in [-0.4, -0.2) is 69.2 Å². The smallest absolute Gasteiger partial charge is 0.261 e. The molecule has 2 aromatic carbocycles. The zero-order chi connectivity index (χ0) is 34.2. The van der Waals surface area contributed by atoms with Crippen LogP contribution in [0.1, 0.15) is 62.8 Å². The summed E-state index contributed by atoms with van der Waals surface area (Å²) in [6, 6.07) is 17.1. The third kappa shape index (κ3) is 6.62. The van der Waals surface area contributed by atoms with Crippen molar-refractivity contribution < 1.29 is 9.59 Å². The summed E-state index contributed by atoms with van der Waals surface area (Å²) in [5.41, 5.74) is 8.52. The molecule has 1 atom stereocenters. The number of aryl methyl sites for hydroxylation is 3. The molecule has 49 heavy (non-hydrogen) atoms. The fourth-order valence-electron chi connectivity index (χ4n) is 6.50. The van der Waals surface area contributed by atoms with Crippen LogP contribution >= 0.6 is 15.9 Å². The Bertz CT molecular complexity index is 2160. The van der Waals surface area contributed by atoms with E-state index in [0.29, 0.717) is 35.6 Å². The number of likely N-dealkylation sites (tertiary alicyclic amines) is 1. The number of rotatable bonds is 7. The summed E-state index contributed by atoms with van der Waals surface area (Å²) in [7, 11) is 0. The van der Waals surface area contributed by atoms with Crippen LogP contribution in [0.5, 0.6) is 0 Å². The molecule has 1 aliphatic heterocycles. The van der Waals surface area contributed by atoms with E-state index >= 15 is 0 Å². The molecule has 4 aromatic heterocycles. The van der Waals surface area contributed by atoms with Gasteiger partial charge in [0, 0.05) is 47.8 Å². The van der Waals surface area contributed by atoms with E-state index in [-0.39, 0.29) is 17.7 Å². The van der Waals surface area contributed by atoms with Crippen molar-refractivity contribution in [3.05, 3.63) is 105 Å². The highest BCUT2D eigenvalue weighted by Crippen LogP contribution is 2.25. The Balaban J connectivity index is 0.979. The fraction of sp³-hybridized carbons (Fsp3) is 0.306. The Morgan fingerprint density at radius 1 is 1.00 bits per heavy atom. The van der Waals surface area contributed by atoms with Gasteiger partial charge in [0.05, 0.1) is 33.9 Å². The highest BCUT2D eigenvalue weighted by Gasteiger charge is 2.24. The topological polar surface area (TPSA) is 128 Å². The Hall–Kier alpha value is -5.17. The number of benzene rings is 2. The maximum Gasteiger partial charge on any atom is 0.261 e. The molecule has 1 fully saturated rings. The molecule has 0 saturated carbocycles. The van der Waals surface area contributed by atoms with E-state index in [1.807, 2.05) is 103 Å². The summed E-state index contributed by atoms with van der Waals surface area (Å²) in [5, 5.41) is 20.7. The van der Waals surface area contributed by atoms with Gasteiger partial charge in [0.2, 0.25) is 0 Å². The quantitative estimate of drug-likeness (QED) is 0.203. The SMILES string of the molecule is Cc1cc(C)n2ncc(C(=O)Nc3ccc(-c4cn(CC5CCCCN(C(=O)c6ccc(-n7nc(C)c(Br)c7C)cc6)C5)nn4)cc3)c2n1. The number of anilines is 1. The molecule has 1 N–H and O–H groups in total. The number of amides is 2. The molecule has 2 amide bonds. The zero-order valence-electron chi connectivity index (χ0n) is 27.9. The first-order chi connectivity index (χ1) is 23.6. The van der Waals surface area contributed by atoms with Gasteiger partial charge in [-0.15, -0.1) is 5.10 Å². The van der Waals surface area contributed by atoms with Crippen LogP contribution in [0, 0.1) is 33.6 Å². The fourth-order valence-corrected chi connectivity index (χ4v) is 6.75. The molecule has 1 unspecified atom stereocenters. The summed E-state index contributed by atoms with van der Waals surface area (Å²) < 4.78 is 6.41. The average molecular weight is 722 g/mol. The van der Waals surface area contributed by atoms with Gasteiger partial charge in [-0.2, -0.15) is 10.2 Å². The number of nitrogens with zero attached hydrogens (tertiary/aromatic N) is 9. The van der Waals surface area contributed by atoms with Crippen LogP contribution in [0.2, 0.25) is 0 Å². The Morgan fingerprint density at radius 3 is 2.51 bits per heavy atom. The number of hydrogen-bond donors (Lipinski definition) is 1. The molecule has 5 heterocycles. The summed E-state index contributed by atoms with van der Waals surface area (Å²) in [4.78, 5) is 33.1. The van der Waals surface area contributed by atoms with Crippen molar-refractivity contribution in [1.82, 2.24) is 44.3 Å². The van der Waals surface area contributed by atoms with Crippen molar-refractivity contribution in [3.63, 3.8) is 0 Å². The Labute approximate surface area is 292 Å². The van der Waals surface area contributed by atoms with Crippen LogP contribution in [0.25, 0.3) is 22.6 Å². The molecule has 0 bridgehead atoms. The van der Waals surface area contributed by atoms with Crippen LogP contribution < -0.4 is 5.32 Å². The molecule has 1 aliphatic rings. The van der Waals surface area contributed by atoms with E-state index < -0.39 is 0 Å². The number of carbonyl (C=O) groups excluding carboxylic acids is 2. The number of carbonyl (C=O) groups is 2. The third-order valence-electron chi connectivity index (χ3n) is 9.06. The summed E-state index contributed by atoms with van der Waals surface area (Å²) >= 11 is 3.59. The highest BCUT2D eigenvalue weighted by atomic mass is 79.9. The first-order valence-electron chi connectivity index (χ1n) is 16.4. The summed E-state index contributed by atoms with van der Waals surface area (Å²) in [6.07, 6.45) is 6.52. The molecule has 0 aliphatic carbocycles. The number of fused-ring (bicyclic) bond motifs is 1. The first-order valence-corrected chi connectivity index (χ1v) is 17.2. The van der Waals surface area contributed by atoms with Gasteiger partial charge < -0.3 is 10.2 Å². The summed E-state index contributed by atoms with van der Waals surface area (Å²) in [6.45, 7) is 9.88. The van der Waals surface area contributed by atoms with Crippen molar-refractivity contribution in [2.24, 2.45) is 5.92 Å². The van der Waals surface area contributed by atoms with E-state index in [0.717, 1.165) is 70.0 Å². The largest absolute Gasteiger partial charge is 0.338 e. The van der Waals surface area contributed by atoms with Crippen molar-refractivity contribution in [2.45, 2.75) is 53.5 Å². The number of aromatic nitrogens is 8. The van der Waals surface area contributed by atoms with E-state index in [4.69, 9.17) is 0 Å². The van der Waals surface area contributed by atoms with E-state index in [1.54, 1.807) is 10.7 Å². The van der Waals surface area contributed by atoms with Gasteiger partial charge in [-0.05, 0) is 105 Å². The number of hydrogen-bond acceptors (Lipinski definition) is 7. The molecular weight excluding hydrogens is 684 g/mol. The normalized spacial score (nSPS) is 15.0. The predicted molar refractivity (Wildman–Crippen MR) is 190 cm³/mol. The second-order valence-corrected chi connectivity index (χ2v) is 13.5. The molecule has 1 saturated heterocycles. The lowest BCUT2D eigenvalue weighted by atomic mass is 10.0. The minimum Gasteiger partial charge on any atom is -0.338 e. The average Bonchev–Trinajstić information content (AvgIpc) is 3.75. The van der Waals surface area contributed by atoms with Gasteiger partial charge in [-0.25, -0.2) is 14.2 Å². The lowest BCUT2D eigenvalue weighted by molar-refractivity contribution is 0.0735. The lowest BCUT2D eigenvalue weighted by Gasteiger charge is -2.24. The zero-order valence-corrected chi connectivity index (χ0v) is 29.5. The van der Waals surface area contributed by atoms with Gasteiger partial charge in [-0.3, -0.25) is 14.3 Å². The molecule has 7 rings (SSSR count). The van der Waals surface area contributed by atoms with Crippen LogP contribution in [0.15, 0.2) is 71.5 Å². The van der Waals surface area contributed by atoms with E-state index in [2.05, 4.69) is 46.7 Å². The lowest BCUT2D eigenvalue weighted by Crippen LogP contribution is -2.35. The molecule has 250 valence electrons.